The first-order valence-electron chi connectivity index (χ1n) is 5.04. The molecule has 0 spiro atoms. The minimum absolute atomic E-state index is 0. The standard InChI is InChI=1S/C11H13F2NO.ClH/c12-11(13)15-9-5-3-8(4-6-9)10-2-1-7-14-10;/h3-6,10-11,14H,1-2,7H2;1H/t10-;/m0./s1. The van der Waals surface area contributed by atoms with Gasteiger partial charge in [0.15, 0.2) is 0 Å². The fourth-order valence-corrected chi connectivity index (χ4v) is 1.85. The average Bonchev–Trinajstić information content (AvgIpc) is 2.71. The molecule has 1 N–H and O–H groups in total. The quantitative estimate of drug-likeness (QED) is 0.889. The molecule has 90 valence electrons. The van der Waals surface area contributed by atoms with Gasteiger partial charge in [0.1, 0.15) is 5.75 Å². The Kier molecular flexibility index (Phi) is 4.96. The van der Waals surface area contributed by atoms with E-state index in [2.05, 4.69) is 10.1 Å². The third-order valence-corrected chi connectivity index (χ3v) is 2.57. The van der Waals surface area contributed by atoms with Crippen molar-refractivity contribution in [3.8, 4) is 5.75 Å². The Morgan fingerprint density at radius 1 is 1.25 bits per heavy atom. The number of ether oxygens (including phenoxy) is 1. The minimum Gasteiger partial charge on any atom is -0.435 e. The van der Waals surface area contributed by atoms with Gasteiger partial charge in [-0.1, -0.05) is 12.1 Å². The van der Waals surface area contributed by atoms with Crippen LogP contribution in [0.4, 0.5) is 8.78 Å². The molecular formula is C11H14ClF2NO. The summed E-state index contributed by atoms with van der Waals surface area (Å²) in [7, 11) is 0. The summed E-state index contributed by atoms with van der Waals surface area (Å²) in [4.78, 5) is 0. The zero-order chi connectivity index (χ0) is 10.7. The van der Waals surface area contributed by atoms with E-state index in [0.29, 0.717) is 6.04 Å². The average molecular weight is 250 g/mol. The van der Waals surface area contributed by atoms with Crippen LogP contribution in [0.3, 0.4) is 0 Å². The van der Waals surface area contributed by atoms with Gasteiger partial charge in [-0.05, 0) is 37.1 Å². The Bertz CT molecular complexity index is 312. The van der Waals surface area contributed by atoms with Crippen LogP contribution in [-0.4, -0.2) is 13.2 Å². The molecule has 0 saturated carbocycles. The van der Waals surface area contributed by atoms with Crippen LogP contribution >= 0.6 is 12.4 Å². The molecule has 5 heteroatoms. The van der Waals surface area contributed by atoms with Gasteiger partial charge >= 0.3 is 6.61 Å². The summed E-state index contributed by atoms with van der Waals surface area (Å²) in [6.45, 7) is -1.72. The highest BCUT2D eigenvalue weighted by Crippen LogP contribution is 2.25. The van der Waals surface area contributed by atoms with Gasteiger partial charge < -0.3 is 10.1 Å². The van der Waals surface area contributed by atoms with E-state index in [1.54, 1.807) is 12.1 Å². The predicted octanol–water partition coefficient (Wildman–Crippen LogP) is 3.13. The van der Waals surface area contributed by atoms with Crippen LogP contribution in [0, 0.1) is 0 Å². The van der Waals surface area contributed by atoms with Crippen molar-refractivity contribution in [2.75, 3.05) is 6.54 Å². The number of alkyl halides is 2. The second-order valence-corrected chi connectivity index (χ2v) is 3.60. The molecule has 0 aromatic heterocycles. The molecule has 0 radical (unpaired) electrons. The topological polar surface area (TPSA) is 21.3 Å². The molecule has 16 heavy (non-hydrogen) atoms. The summed E-state index contributed by atoms with van der Waals surface area (Å²) in [5.41, 5.74) is 1.13. The maximum absolute atomic E-state index is 11.9. The van der Waals surface area contributed by atoms with Crippen LogP contribution < -0.4 is 10.1 Å². The van der Waals surface area contributed by atoms with Crippen LogP contribution in [0.1, 0.15) is 24.4 Å². The Labute approximate surface area is 99.4 Å². The lowest BCUT2D eigenvalue weighted by Crippen LogP contribution is -2.12. The van der Waals surface area contributed by atoms with E-state index in [0.717, 1.165) is 18.5 Å². The van der Waals surface area contributed by atoms with Crippen molar-refractivity contribution in [2.24, 2.45) is 0 Å². The van der Waals surface area contributed by atoms with E-state index < -0.39 is 6.61 Å². The maximum atomic E-state index is 11.9. The van der Waals surface area contributed by atoms with Crippen LogP contribution in [-0.2, 0) is 0 Å². The summed E-state index contributed by atoms with van der Waals surface area (Å²) < 4.78 is 28.1. The molecule has 0 aliphatic carbocycles. The van der Waals surface area contributed by atoms with Crippen LogP contribution in [0.15, 0.2) is 24.3 Å². The lowest BCUT2D eigenvalue weighted by molar-refractivity contribution is -0.0498. The number of halogens is 3. The first kappa shape index (κ1) is 13.2. The lowest BCUT2D eigenvalue weighted by atomic mass is 10.1. The molecule has 1 aliphatic rings. The normalized spacial score (nSPS) is 19.6. The summed E-state index contributed by atoms with van der Waals surface area (Å²) >= 11 is 0. The summed E-state index contributed by atoms with van der Waals surface area (Å²) in [6, 6.07) is 7.20. The molecule has 1 saturated heterocycles. The van der Waals surface area contributed by atoms with E-state index in [9.17, 15) is 8.78 Å². The van der Waals surface area contributed by atoms with Crippen LogP contribution in [0.2, 0.25) is 0 Å². The molecular weight excluding hydrogens is 236 g/mol. The molecule has 1 fully saturated rings. The molecule has 2 rings (SSSR count). The van der Waals surface area contributed by atoms with Gasteiger partial charge in [-0.15, -0.1) is 12.4 Å². The van der Waals surface area contributed by atoms with Crippen molar-refractivity contribution >= 4 is 12.4 Å². The Morgan fingerprint density at radius 3 is 2.44 bits per heavy atom. The van der Waals surface area contributed by atoms with Gasteiger partial charge in [0.2, 0.25) is 0 Å². The van der Waals surface area contributed by atoms with Gasteiger partial charge in [0.05, 0.1) is 0 Å². The van der Waals surface area contributed by atoms with Crippen molar-refractivity contribution in [3.05, 3.63) is 29.8 Å². The molecule has 1 aliphatic heterocycles. The molecule has 1 atom stereocenters. The highest BCUT2D eigenvalue weighted by atomic mass is 35.5. The van der Waals surface area contributed by atoms with Crippen molar-refractivity contribution in [3.63, 3.8) is 0 Å². The van der Waals surface area contributed by atoms with Gasteiger partial charge in [0, 0.05) is 6.04 Å². The smallest absolute Gasteiger partial charge is 0.387 e. The zero-order valence-corrected chi connectivity index (χ0v) is 9.47. The summed E-state index contributed by atoms with van der Waals surface area (Å²) in [5, 5.41) is 3.34. The summed E-state index contributed by atoms with van der Waals surface area (Å²) in [5.74, 6) is 0.215. The molecule has 0 amide bonds. The van der Waals surface area contributed by atoms with Crippen LogP contribution in [0.25, 0.3) is 0 Å². The van der Waals surface area contributed by atoms with Gasteiger partial charge in [-0.2, -0.15) is 8.78 Å². The minimum atomic E-state index is -2.75. The SMILES string of the molecule is Cl.FC(F)Oc1ccc([C@@H]2CCCN2)cc1. The Balaban J connectivity index is 0.00000128. The molecule has 1 aromatic rings. The number of rotatable bonds is 3. The molecule has 1 aromatic carbocycles. The number of hydrogen-bond acceptors (Lipinski definition) is 2. The first-order valence-corrected chi connectivity index (χ1v) is 5.04. The van der Waals surface area contributed by atoms with Gasteiger partial charge in [-0.3, -0.25) is 0 Å². The number of hydrogen-bond donors (Lipinski definition) is 1. The summed E-state index contributed by atoms with van der Waals surface area (Å²) in [6.07, 6.45) is 2.27. The largest absolute Gasteiger partial charge is 0.435 e. The molecule has 0 bridgehead atoms. The molecule has 2 nitrogen and oxygen atoms in total. The fourth-order valence-electron chi connectivity index (χ4n) is 1.85. The van der Waals surface area contributed by atoms with E-state index in [1.165, 1.54) is 6.42 Å². The van der Waals surface area contributed by atoms with Crippen molar-refractivity contribution in [2.45, 2.75) is 25.5 Å². The number of nitrogens with one attached hydrogen (secondary N) is 1. The van der Waals surface area contributed by atoms with Crippen molar-refractivity contribution in [1.29, 1.82) is 0 Å². The molecule has 0 unspecified atom stereocenters. The second kappa shape index (κ2) is 6.01. The number of benzene rings is 1. The van der Waals surface area contributed by atoms with Gasteiger partial charge in [0.25, 0.3) is 0 Å². The Hall–Kier alpha value is -0.870. The highest BCUT2D eigenvalue weighted by molar-refractivity contribution is 5.85. The zero-order valence-electron chi connectivity index (χ0n) is 8.66. The van der Waals surface area contributed by atoms with Gasteiger partial charge in [-0.25, -0.2) is 0 Å². The van der Waals surface area contributed by atoms with Crippen molar-refractivity contribution in [1.82, 2.24) is 5.32 Å². The van der Waals surface area contributed by atoms with E-state index in [4.69, 9.17) is 0 Å². The second-order valence-electron chi connectivity index (χ2n) is 3.60. The highest BCUT2D eigenvalue weighted by Gasteiger charge is 2.15. The van der Waals surface area contributed by atoms with E-state index >= 15 is 0 Å². The lowest BCUT2D eigenvalue weighted by Gasteiger charge is -2.11. The van der Waals surface area contributed by atoms with E-state index in [-0.39, 0.29) is 18.2 Å². The maximum Gasteiger partial charge on any atom is 0.387 e. The first-order chi connectivity index (χ1) is 7.25. The van der Waals surface area contributed by atoms with Crippen LogP contribution in [0.5, 0.6) is 5.75 Å². The Morgan fingerprint density at radius 2 is 1.94 bits per heavy atom. The van der Waals surface area contributed by atoms with Crippen molar-refractivity contribution < 1.29 is 13.5 Å². The monoisotopic (exact) mass is 249 g/mol. The third kappa shape index (κ3) is 3.32. The third-order valence-electron chi connectivity index (χ3n) is 2.57. The molecule has 1 heterocycles. The van der Waals surface area contributed by atoms with E-state index in [1.807, 2.05) is 12.1 Å². The fraction of sp³-hybridized carbons (Fsp3) is 0.455. The predicted molar refractivity (Wildman–Crippen MR) is 60.3 cm³/mol.